The fourth-order valence-corrected chi connectivity index (χ4v) is 9.34. The lowest BCUT2D eigenvalue weighted by Gasteiger charge is -2.43. The smallest absolute Gasteiger partial charge is 0.160 e. The van der Waals surface area contributed by atoms with Gasteiger partial charge in [0, 0.05) is 32.1 Å². The highest BCUT2D eigenvalue weighted by atomic mass is 32.2. The predicted molar refractivity (Wildman–Crippen MR) is 187 cm³/mol. The molecule has 0 saturated heterocycles. The normalized spacial score (nSPS) is 17.9. The van der Waals surface area contributed by atoms with Crippen LogP contribution in [0, 0.1) is 0 Å². The molecule has 9 rings (SSSR count). The molecule has 0 bridgehead atoms. The molecule has 218 valence electrons. The largest absolute Gasteiger partial charge is 0.232 e. The summed E-state index contributed by atoms with van der Waals surface area (Å²) in [7, 11) is 0. The Balaban J connectivity index is 1.10. The molecule has 3 heteroatoms. The minimum Gasteiger partial charge on any atom is -0.232 e. The Morgan fingerprint density at radius 2 is 1.36 bits per heavy atom. The summed E-state index contributed by atoms with van der Waals surface area (Å²) >= 11 is 1.94. The van der Waals surface area contributed by atoms with Crippen molar-refractivity contribution in [2.45, 2.75) is 59.6 Å². The molecule has 1 fully saturated rings. The van der Waals surface area contributed by atoms with Crippen molar-refractivity contribution < 1.29 is 0 Å². The van der Waals surface area contributed by atoms with E-state index in [4.69, 9.17) is 9.97 Å². The highest BCUT2D eigenvalue weighted by molar-refractivity contribution is 7.99. The molecule has 5 aromatic carbocycles. The van der Waals surface area contributed by atoms with E-state index in [0.29, 0.717) is 0 Å². The maximum atomic E-state index is 5.28. The van der Waals surface area contributed by atoms with E-state index in [1.165, 1.54) is 75.3 Å². The van der Waals surface area contributed by atoms with E-state index in [1.807, 2.05) is 11.8 Å². The first-order valence-electron chi connectivity index (χ1n) is 16.3. The van der Waals surface area contributed by atoms with E-state index in [2.05, 4.69) is 127 Å². The Morgan fingerprint density at radius 3 is 2.27 bits per heavy atom. The number of hydrogen-bond acceptors (Lipinski definition) is 3. The molecule has 0 radical (unpaired) electrons. The van der Waals surface area contributed by atoms with Crippen molar-refractivity contribution in [3.05, 3.63) is 149 Å². The molecular formula is C42H34N2S. The molecular weight excluding hydrogens is 565 g/mol. The quantitative estimate of drug-likeness (QED) is 0.203. The Labute approximate surface area is 269 Å². The van der Waals surface area contributed by atoms with Crippen molar-refractivity contribution >= 4 is 28.7 Å². The monoisotopic (exact) mass is 598 g/mol. The van der Waals surface area contributed by atoms with Crippen molar-refractivity contribution in [2.24, 2.45) is 0 Å². The third-order valence-electron chi connectivity index (χ3n) is 10.3. The SMILES string of the molecule is C1=Cc2ccccc2C(c2nc(-c3ccc(-c4ccc5c(c4)C4(CCCCC4)c4ccccc4S5)cc3)nc3ccccc23)C1. The minimum atomic E-state index is 0.133. The molecule has 1 unspecified atom stereocenters. The van der Waals surface area contributed by atoms with Gasteiger partial charge in [-0.15, -0.1) is 0 Å². The topological polar surface area (TPSA) is 25.8 Å². The van der Waals surface area contributed by atoms with Gasteiger partial charge in [0.1, 0.15) is 0 Å². The van der Waals surface area contributed by atoms with Crippen LogP contribution in [0.4, 0.5) is 0 Å². The summed E-state index contributed by atoms with van der Waals surface area (Å²) in [5.41, 5.74) is 11.5. The molecule has 0 amide bonds. The van der Waals surface area contributed by atoms with Crippen LogP contribution in [0.25, 0.3) is 39.5 Å². The van der Waals surface area contributed by atoms with Crippen LogP contribution in [-0.4, -0.2) is 9.97 Å². The van der Waals surface area contributed by atoms with Gasteiger partial charge in [-0.3, -0.25) is 0 Å². The van der Waals surface area contributed by atoms with E-state index in [0.717, 1.165) is 34.4 Å². The molecule has 6 aromatic rings. The lowest BCUT2D eigenvalue weighted by molar-refractivity contribution is 0.335. The molecule has 45 heavy (non-hydrogen) atoms. The van der Waals surface area contributed by atoms with Gasteiger partial charge in [0.05, 0.1) is 11.2 Å². The van der Waals surface area contributed by atoms with Crippen molar-refractivity contribution in [1.29, 1.82) is 0 Å². The zero-order valence-corrected chi connectivity index (χ0v) is 26.1. The summed E-state index contributed by atoms with van der Waals surface area (Å²) in [5.74, 6) is 1.00. The van der Waals surface area contributed by atoms with Crippen molar-refractivity contribution in [3.8, 4) is 22.5 Å². The van der Waals surface area contributed by atoms with Crippen molar-refractivity contribution in [1.82, 2.24) is 9.97 Å². The standard InChI is InChI=1S/C42H34N2S/c1-8-25-42(26-9-1)35-16-5-7-18-38(35)45-39-24-23-31(27-36(39)42)28-19-21-30(22-20-28)41-43-37-17-6-4-14-34(37)40(44-41)33-15-10-12-29-11-2-3-13-32(29)33/h2-7,10-14,16-24,27,33H,1,8-9,15,25-26H2. The van der Waals surface area contributed by atoms with Crippen LogP contribution in [-0.2, 0) is 5.41 Å². The summed E-state index contributed by atoms with van der Waals surface area (Å²) in [6.07, 6.45) is 11.9. The van der Waals surface area contributed by atoms with Crippen molar-refractivity contribution in [3.63, 3.8) is 0 Å². The van der Waals surface area contributed by atoms with Crippen molar-refractivity contribution in [2.75, 3.05) is 0 Å². The second kappa shape index (κ2) is 10.9. The highest BCUT2D eigenvalue weighted by Crippen LogP contribution is 2.56. The number of fused-ring (bicyclic) bond motifs is 6. The van der Waals surface area contributed by atoms with Crippen LogP contribution in [0.3, 0.4) is 0 Å². The first-order chi connectivity index (χ1) is 22.3. The molecule has 2 nitrogen and oxygen atoms in total. The first kappa shape index (κ1) is 26.9. The van der Waals surface area contributed by atoms with Crippen LogP contribution < -0.4 is 0 Å². The summed E-state index contributed by atoms with van der Waals surface area (Å²) in [5, 5.41) is 1.14. The van der Waals surface area contributed by atoms with Gasteiger partial charge in [0.2, 0.25) is 0 Å². The Bertz CT molecular complexity index is 2100. The van der Waals surface area contributed by atoms with Crippen LogP contribution >= 0.6 is 11.8 Å². The van der Waals surface area contributed by atoms with Gasteiger partial charge < -0.3 is 0 Å². The number of allylic oxidation sites excluding steroid dienone is 1. The lowest BCUT2D eigenvalue weighted by atomic mass is 9.65. The maximum Gasteiger partial charge on any atom is 0.160 e. The summed E-state index contributed by atoms with van der Waals surface area (Å²) in [6.45, 7) is 0. The second-order valence-corrected chi connectivity index (χ2v) is 13.9. The summed E-state index contributed by atoms with van der Waals surface area (Å²) in [6, 6.07) is 42.4. The van der Waals surface area contributed by atoms with Gasteiger partial charge in [-0.1, -0.05) is 134 Å². The second-order valence-electron chi connectivity index (χ2n) is 12.8. The average molecular weight is 599 g/mol. The number of para-hydroxylation sites is 1. The van der Waals surface area contributed by atoms with Gasteiger partial charge in [-0.05, 0) is 76.9 Å². The lowest BCUT2D eigenvalue weighted by Crippen LogP contribution is -2.33. The van der Waals surface area contributed by atoms with E-state index in [-0.39, 0.29) is 11.3 Å². The number of benzene rings is 5. The molecule has 3 aliphatic rings. The Kier molecular flexibility index (Phi) is 6.49. The molecule has 1 saturated carbocycles. The average Bonchev–Trinajstić information content (AvgIpc) is 3.11. The molecule has 1 aromatic heterocycles. The third kappa shape index (κ3) is 4.48. The molecule has 2 aliphatic carbocycles. The van der Waals surface area contributed by atoms with Gasteiger partial charge >= 0.3 is 0 Å². The van der Waals surface area contributed by atoms with Gasteiger partial charge in [-0.2, -0.15) is 0 Å². The number of aromatic nitrogens is 2. The maximum absolute atomic E-state index is 5.28. The number of hydrogen-bond donors (Lipinski definition) is 0. The van der Waals surface area contributed by atoms with Crippen LogP contribution in [0.15, 0.2) is 131 Å². The predicted octanol–water partition coefficient (Wildman–Crippen LogP) is 11.2. The molecule has 1 atom stereocenters. The number of rotatable bonds is 3. The highest BCUT2D eigenvalue weighted by Gasteiger charge is 2.41. The first-order valence-corrected chi connectivity index (χ1v) is 17.1. The summed E-state index contributed by atoms with van der Waals surface area (Å²) < 4.78 is 0. The van der Waals surface area contributed by atoms with Crippen LogP contribution in [0.1, 0.15) is 72.4 Å². The van der Waals surface area contributed by atoms with E-state index in [9.17, 15) is 0 Å². The van der Waals surface area contributed by atoms with Crippen LogP contribution in [0.5, 0.6) is 0 Å². The van der Waals surface area contributed by atoms with Gasteiger partial charge in [-0.25, -0.2) is 9.97 Å². The number of nitrogens with zero attached hydrogens (tertiary/aromatic N) is 2. The molecule has 0 N–H and O–H groups in total. The van der Waals surface area contributed by atoms with E-state index < -0.39 is 0 Å². The summed E-state index contributed by atoms with van der Waals surface area (Å²) in [4.78, 5) is 13.2. The molecule has 1 aliphatic heterocycles. The van der Waals surface area contributed by atoms with E-state index >= 15 is 0 Å². The minimum absolute atomic E-state index is 0.133. The fraction of sp³-hybridized carbons (Fsp3) is 0.190. The zero-order valence-electron chi connectivity index (χ0n) is 25.2. The Morgan fingerprint density at radius 1 is 0.622 bits per heavy atom. The van der Waals surface area contributed by atoms with E-state index in [1.54, 1.807) is 0 Å². The Hall–Kier alpha value is -4.47. The molecule has 2 heterocycles. The molecule has 1 spiro atoms. The van der Waals surface area contributed by atoms with Gasteiger partial charge in [0.25, 0.3) is 0 Å². The zero-order chi connectivity index (χ0) is 29.8. The van der Waals surface area contributed by atoms with Crippen LogP contribution in [0.2, 0.25) is 0 Å². The fourth-order valence-electron chi connectivity index (χ4n) is 8.09. The van der Waals surface area contributed by atoms with Gasteiger partial charge in [0.15, 0.2) is 5.82 Å². The third-order valence-corrected chi connectivity index (χ3v) is 11.5.